The van der Waals surface area contributed by atoms with Crippen LogP contribution in [0, 0.1) is 0 Å². The lowest BCUT2D eigenvalue weighted by Gasteiger charge is -2.26. The molecule has 4 nitrogen and oxygen atoms in total. The van der Waals surface area contributed by atoms with Crippen LogP contribution in [0.1, 0.15) is 12.5 Å². The van der Waals surface area contributed by atoms with Crippen LogP contribution in [-0.4, -0.2) is 30.1 Å². The van der Waals surface area contributed by atoms with E-state index in [9.17, 15) is 13.2 Å². The Morgan fingerprint density at radius 2 is 2.11 bits per heavy atom. The first-order valence-electron chi connectivity index (χ1n) is 5.57. The van der Waals surface area contributed by atoms with Crippen LogP contribution in [0.25, 0.3) is 0 Å². The molecule has 1 aromatic rings. The molecular formula is C11H17F3N4S. The number of rotatable bonds is 5. The van der Waals surface area contributed by atoms with Crippen molar-refractivity contribution in [3.05, 3.63) is 17.7 Å². The van der Waals surface area contributed by atoms with Crippen LogP contribution < -0.4 is 16.2 Å². The molecule has 0 aliphatic rings. The van der Waals surface area contributed by atoms with E-state index in [2.05, 4.69) is 10.4 Å². The first-order chi connectivity index (χ1) is 8.79. The Morgan fingerprint density at radius 1 is 1.47 bits per heavy atom. The highest BCUT2D eigenvalue weighted by Crippen LogP contribution is 2.32. The third-order valence-electron chi connectivity index (χ3n) is 2.72. The van der Waals surface area contributed by atoms with Crippen LogP contribution >= 0.6 is 11.8 Å². The molecule has 0 aliphatic heterocycles. The van der Waals surface area contributed by atoms with Gasteiger partial charge in [-0.05, 0) is 25.3 Å². The number of nitrogens with one attached hydrogen (secondary N) is 1. The highest BCUT2D eigenvalue weighted by molar-refractivity contribution is 7.98. The van der Waals surface area contributed by atoms with Gasteiger partial charge in [0, 0.05) is 18.8 Å². The number of pyridine rings is 1. The molecule has 8 heteroatoms. The van der Waals surface area contributed by atoms with Gasteiger partial charge < -0.3 is 10.3 Å². The number of aromatic nitrogens is 1. The number of halogens is 3. The van der Waals surface area contributed by atoms with Crippen molar-refractivity contribution >= 4 is 23.4 Å². The molecule has 1 heterocycles. The molecule has 108 valence electrons. The van der Waals surface area contributed by atoms with Gasteiger partial charge in [-0.2, -0.15) is 24.9 Å². The van der Waals surface area contributed by atoms with Gasteiger partial charge in [-0.25, -0.2) is 10.8 Å². The summed E-state index contributed by atoms with van der Waals surface area (Å²) in [7, 11) is 1.71. The van der Waals surface area contributed by atoms with Crippen molar-refractivity contribution < 1.29 is 13.2 Å². The van der Waals surface area contributed by atoms with Crippen LogP contribution in [0.3, 0.4) is 0 Å². The van der Waals surface area contributed by atoms with E-state index in [1.54, 1.807) is 23.7 Å². The van der Waals surface area contributed by atoms with E-state index < -0.39 is 11.7 Å². The fraction of sp³-hybridized carbons (Fsp3) is 0.545. The number of hydrogen-bond acceptors (Lipinski definition) is 5. The summed E-state index contributed by atoms with van der Waals surface area (Å²) in [4.78, 5) is 5.75. The highest BCUT2D eigenvalue weighted by Gasteiger charge is 2.32. The summed E-state index contributed by atoms with van der Waals surface area (Å²) in [5.41, 5.74) is 1.39. The maximum absolute atomic E-state index is 12.8. The van der Waals surface area contributed by atoms with Crippen molar-refractivity contribution in [2.75, 3.05) is 29.4 Å². The molecule has 3 N–H and O–H groups in total. The summed E-state index contributed by atoms with van der Waals surface area (Å²) in [6.07, 6.45) is -2.48. The van der Waals surface area contributed by atoms with Crippen LogP contribution in [-0.2, 0) is 6.18 Å². The zero-order valence-electron chi connectivity index (χ0n) is 11.0. The van der Waals surface area contributed by atoms with E-state index in [0.29, 0.717) is 0 Å². The molecule has 0 fully saturated rings. The lowest BCUT2D eigenvalue weighted by molar-refractivity contribution is -0.137. The van der Waals surface area contributed by atoms with Crippen LogP contribution in [0.5, 0.6) is 0 Å². The van der Waals surface area contributed by atoms with E-state index in [0.717, 1.165) is 17.9 Å². The minimum absolute atomic E-state index is 0.00646. The molecule has 1 rings (SSSR count). The van der Waals surface area contributed by atoms with Crippen molar-refractivity contribution in [3.8, 4) is 0 Å². The summed E-state index contributed by atoms with van der Waals surface area (Å²) < 4.78 is 38.3. The van der Waals surface area contributed by atoms with Gasteiger partial charge >= 0.3 is 6.18 Å². The molecule has 19 heavy (non-hydrogen) atoms. The molecule has 0 bridgehead atoms. The van der Waals surface area contributed by atoms with Crippen molar-refractivity contribution in [1.29, 1.82) is 0 Å². The summed E-state index contributed by atoms with van der Waals surface area (Å²) in [6.45, 7) is 1.92. The van der Waals surface area contributed by atoms with Gasteiger partial charge in [0.25, 0.3) is 0 Å². The van der Waals surface area contributed by atoms with Gasteiger partial charge in [0.05, 0.1) is 5.56 Å². The molecule has 0 aliphatic carbocycles. The second kappa shape index (κ2) is 6.33. The predicted molar refractivity (Wildman–Crippen MR) is 73.3 cm³/mol. The second-order valence-electron chi connectivity index (χ2n) is 4.16. The minimum atomic E-state index is -4.42. The molecule has 0 radical (unpaired) electrons. The smallest absolute Gasteiger partial charge is 0.356 e. The molecule has 0 saturated heterocycles. The Bertz CT molecular complexity index is 425. The van der Waals surface area contributed by atoms with E-state index in [1.807, 2.05) is 13.2 Å². The minimum Gasteiger partial charge on any atom is -0.356 e. The third-order valence-corrected chi connectivity index (χ3v) is 3.53. The van der Waals surface area contributed by atoms with Crippen molar-refractivity contribution in [1.82, 2.24) is 4.98 Å². The maximum atomic E-state index is 12.8. The monoisotopic (exact) mass is 294 g/mol. The van der Waals surface area contributed by atoms with E-state index in [4.69, 9.17) is 5.84 Å². The topological polar surface area (TPSA) is 54.2 Å². The number of hydrogen-bond donors (Lipinski definition) is 2. The second-order valence-corrected chi connectivity index (χ2v) is 5.07. The lowest BCUT2D eigenvalue weighted by atomic mass is 10.2. The van der Waals surface area contributed by atoms with Crippen LogP contribution in [0.15, 0.2) is 12.1 Å². The van der Waals surface area contributed by atoms with Crippen molar-refractivity contribution in [2.24, 2.45) is 5.84 Å². The van der Waals surface area contributed by atoms with E-state index in [1.165, 1.54) is 0 Å². The zero-order valence-corrected chi connectivity index (χ0v) is 11.8. The zero-order chi connectivity index (χ0) is 14.6. The Hall–Kier alpha value is -1.15. The predicted octanol–water partition coefficient (Wildman–Crippen LogP) is 2.57. The van der Waals surface area contributed by atoms with Gasteiger partial charge in [0.2, 0.25) is 0 Å². The maximum Gasteiger partial charge on any atom is 0.416 e. The number of hydrazine groups is 1. The molecule has 1 unspecified atom stereocenters. The molecule has 1 atom stereocenters. The lowest BCUT2D eigenvalue weighted by Crippen LogP contribution is -2.32. The number of anilines is 2. The van der Waals surface area contributed by atoms with Gasteiger partial charge in [-0.15, -0.1) is 0 Å². The first kappa shape index (κ1) is 15.9. The normalized spacial score (nSPS) is 13.2. The third kappa shape index (κ3) is 4.17. The standard InChI is InChI=1S/C11H17F3N4S/c1-7(6-19-3)18(2)10-5-8(11(12,13)14)4-9(16-10)17-15/h4-5,7H,6,15H2,1-3H3,(H,16,17). The average Bonchev–Trinajstić information content (AvgIpc) is 2.36. The summed E-state index contributed by atoms with van der Waals surface area (Å²) in [6, 6.07) is 1.98. The fourth-order valence-electron chi connectivity index (χ4n) is 1.51. The van der Waals surface area contributed by atoms with E-state index in [-0.39, 0.29) is 17.7 Å². The summed E-state index contributed by atoms with van der Waals surface area (Å²) in [5, 5.41) is 0. The first-order valence-corrected chi connectivity index (χ1v) is 6.96. The van der Waals surface area contributed by atoms with Crippen molar-refractivity contribution in [2.45, 2.75) is 19.1 Å². The van der Waals surface area contributed by atoms with Gasteiger partial charge in [0.1, 0.15) is 11.6 Å². The van der Waals surface area contributed by atoms with Crippen LogP contribution in [0.4, 0.5) is 24.8 Å². The quantitative estimate of drug-likeness (QED) is 0.646. The molecule has 1 aromatic heterocycles. The molecular weight excluding hydrogens is 277 g/mol. The largest absolute Gasteiger partial charge is 0.416 e. The van der Waals surface area contributed by atoms with Crippen LogP contribution in [0.2, 0.25) is 0 Å². The van der Waals surface area contributed by atoms with Gasteiger partial charge in [-0.3, -0.25) is 0 Å². The number of alkyl halides is 3. The van der Waals surface area contributed by atoms with Gasteiger partial charge in [-0.1, -0.05) is 0 Å². The highest BCUT2D eigenvalue weighted by atomic mass is 32.2. The Kier molecular flexibility index (Phi) is 5.30. The van der Waals surface area contributed by atoms with Gasteiger partial charge in [0.15, 0.2) is 0 Å². The number of nitrogen functional groups attached to an aromatic ring is 1. The summed E-state index contributed by atoms with van der Waals surface area (Å²) >= 11 is 1.62. The SMILES string of the molecule is CSCC(C)N(C)c1cc(C(F)(F)F)cc(NN)n1. The molecule has 0 saturated carbocycles. The number of nitrogens with two attached hydrogens (primary N) is 1. The Labute approximate surface area is 114 Å². The van der Waals surface area contributed by atoms with E-state index >= 15 is 0 Å². The number of nitrogens with zero attached hydrogens (tertiary/aromatic N) is 2. The van der Waals surface area contributed by atoms with Crippen molar-refractivity contribution in [3.63, 3.8) is 0 Å². The summed E-state index contributed by atoms with van der Waals surface area (Å²) in [5.74, 6) is 6.19. The molecule has 0 spiro atoms. The average molecular weight is 294 g/mol. The molecule has 0 aromatic carbocycles. The fourth-order valence-corrected chi connectivity index (χ4v) is 2.22. The molecule has 0 amide bonds. The Balaban J connectivity index is 3.13. The number of thioether (sulfide) groups is 1. The Morgan fingerprint density at radius 3 is 2.58 bits per heavy atom.